The molecule has 1 aromatic carbocycles. The number of pyridine rings is 1. The number of amides is 1. The molecule has 2 aromatic heterocycles. The Morgan fingerprint density at radius 3 is 2.61 bits per heavy atom. The highest BCUT2D eigenvalue weighted by Crippen LogP contribution is 2.20. The van der Waals surface area contributed by atoms with Crippen molar-refractivity contribution in [2.24, 2.45) is 0 Å². The Morgan fingerprint density at radius 2 is 1.86 bits per heavy atom. The first-order valence-corrected chi connectivity index (χ1v) is 9.77. The first-order chi connectivity index (χ1) is 13.6. The average molecular weight is 378 g/mol. The van der Waals surface area contributed by atoms with Crippen molar-refractivity contribution in [1.82, 2.24) is 19.2 Å². The number of nitrogens with zero attached hydrogens (tertiary/aromatic N) is 4. The van der Waals surface area contributed by atoms with E-state index in [4.69, 9.17) is 0 Å². The number of piperidine rings is 1. The third-order valence-electron chi connectivity index (χ3n) is 5.37. The van der Waals surface area contributed by atoms with Crippen molar-refractivity contribution in [3.63, 3.8) is 0 Å². The zero-order valence-corrected chi connectivity index (χ0v) is 16.2. The Balaban J connectivity index is 1.61. The fourth-order valence-corrected chi connectivity index (χ4v) is 3.77. The predicted molar refractivity (Wildman–Crippen MR) is 108 cm³/mol. The quantitative estimate of drug-likeness (QED) is 0.741. The molecule has 1 saturated heterocycles. The van der Waals surface area contributed by atoms with Crippen LogP contribution in [-0.2, 0) is 13.1 Å². The summed E-state index contributed by atoms with van der Waals surface area (Å²) < 4.78 is 2.01. The highest BCUT2D eigenvalue weighted by Gasteiger charge is 2.25. The summed E-state index contributed by atoms with van der Waals surface area (Å²) in [6, 6.07) is 15.8. The van der Waals surface area contributed by atoms with Crippen LogP contribution in [0.3, 0.4) is 0 Å². The van der Waals surface area contributed by atoms with Crippen LogP contribution >= 0.6 is 0 Å². The molecule has 0 bridgehead atoms. The zero-order chi connectivity index (χ0) is 19.5. The standard InChI is InChI=1S/C22H26N4O2/c1-24(15-17-7-3-2-4-8-17)22(28)21-19(16-25-13-10-18(27)11-14-25)26-12-6-5-9-20(26)23-21/h2-9,12,18,27H,10-11,13-16H2,1H3. The van der Waals surface area contributed by atoms with Crippen LogP contribution in [0.1, 0.15) is 34.6 Å². The van der Waals surface area contributed by atoms with Gasteiger partial charge in [-0.05, 0) is 30.5 Å². The van der Waals surface area contributed by atoms with E-state index in [1.165, 1.54) is 0 Å². The lowest BCUT2D eigenvalue weighted by atomic mass is 10.1. The maximum atomic E-state index is 13.2. The molecule has 0 unspecified atom stereocenters. The van der Waals surface area contributed by atoms with Crippen molar-refractivity contribution in [3.8, 4) is 0 Å². The van der Waals surface area contributed by atoms with Gasteiger partial charge in [0.25, 0.3) is 5.91 Å². The number of likely N-dealkylation sites (tertiary alicyclic amines) is 1. The number of rotatable bonds is 5. The monoisotopic (exact) mass is 378 g/mol. The van der Waals surface area contributed by atoms with Crippen LogP contribution in [0.15, 0.2) is 54.7 Å². The Kier molecular flexibility index (Phi) is 5.41. The van der Waals surface area contributed by atoms with Gasteiger partial charge in [-0.15, -0.1) is 0 Å². The van der Waals surface area contributed by atoms with Crippen molar-refractivity contribution in [2.45, 2.75) is 32.0 Å². The number of benzene rings is 1. The summed E-state index contributed by atoms with van der Waals surface area (Å²) in [7, 11) is 1.82. The number of imidazole rings is 1. The molecule has 4 rings (SSSR count). The maximum Gasteiger partial charge on any atom is 0.274 e. The Morgan fingerprint density at radius 1 is 1.14 bits per heavy atom. The van der Waals surface area contributed by atoms with Gasteiger partial charge in [-0.25, -0.2) is 4.98 Å². The third kappa shape index (κ3) is 3.93. The molecule has 0 spiro atoms. The SMILES string of the molecule is CN(Cc1ccccc1)C(=O)c1nc2ccccn2c1CN1CCC(O)CC1. The molecule has 3 aromatic rings. The molecule has 3 heterocycles. The van der Waals surface area contributed by atoms with Crippen LogP contribution in [0.5, 0.6) is 0 Å². The third-order valence-corrected chi connectivity index (χ3v) is 5.37. The van der Waals surface area contributed by atoms with Crippen LogP contribution in [0.2, 0.25) is 0 Å². The first-order valence-electron chi connectivity index (χ1n) is 9.77. The van der Waals surface area contributed by atoms with E-state index in [0.717, 1.165) is 42.8 Å². The molecule has 1 fully saturated rings. The van der Waals surface area contributed by atoms with E-state index < -0.39 is 0 Å². The summed E-state index contributed by atoms with van der Waals surface area (Å²) in [6.07, 6.45) is 3.29. The lowest BCUT2D eigenvalue weighted by Crippen LogP contribution is -2.36. The number of aromatic nitrogens is 2. The summed E-state index contributed by atoms with van der Waals surface area (Å²) >= 11 is 0. The molecule has 0 radical (unpaired) electrons. The van der Waals surface area contributed by atoms with Crippen molar-refractivity contribution in [1.29, 1.82) is 0 Å². The van der Waals surface area contributed by atoms with E-state index in [9.17, 15) is 9.90 Å². The van der Waals surface area contributed by atoms with Crippen LogP contribution in [0.4, 0.5) is 0 Å². The molecule has 146 valence electrons. The first kappa shape index (κ1) is 18.7. The summed E-state index contributed by atoms with van der Waals surface area (Å²) in [5.74, 6) is -0.0698. The second-order valence-electron chi connectivity index (χ2n) is 7.49. The number of hydrogen-bond donors (Lipinski definition) is 1. The molecule has 6 heteroatoms. The maximum absolute atomic E-state index is 13.2. The minimum atomic E-state index is -0.212. The van der Waals surface area contributed by atoms with E-state index in [2.05, 4.69) is 9.88 Å². The number of fused-ring (bicyclic) bond motifs is 1. The summed E-state index contributed by atoms with van der Waals surface area (Å²) in [6.45, 7) is 2.85. The van der Waals surface area contributed by atoms with Crippen molar-refractivity contribution < 1.29 is 9.90 Å². The lowest BCUT2D eigenvalue weighted by molar-refractivity contribution is 0.0745. The molecule has 1 aliphatic heterocycles. The average Bonchev–Trinajstić information content (AvgIpc) is 3.08. The second-order valence-corrected chi connectivity index (χ2v) is 7.49. The highest BCUT2D eigenvalue weighted by molar-refractivity contribution is 5.94. The molecule has 1 aliphatic rings. The number of carbonyl (C=O) groups is 1. The van der Waals surface area contributed by atoms with Gasteiger partial charge in [0.2, 0.25) is 0 Å². The number of aliphatic hydroxyl groups excluding tert-OH is 1. The van der Waals surface area contributed by atoms with Crippen molar-refractivity contribution in [2.75, 3.05) is 20.1 Å². The van der Waals surface area contributed by atoms with Crippen molar-refractivity contribution in [3.05, 3.63) is 71.7 Å². The molecule has 28 heavy (non-hydrogen) atoms. The number of hydrogen-bond acceptors (Lipinski definition) is 4. The summed E-state index contributed by atoms with van der Waals surface area (Å²) in [5.41, 5.74) is 3.30. The summed E-state index contributed by atoms with van der Waals surface area (Å²) in [4.78, 5) is 21.9. The van der Waals surface area contributed by atoms with Gasteiger partial charge in [-0.3, -0.25) is 9.69 Å². The summed E-state index contributed by atoms with van der Waals surface area (Å²) in [5, 5.41) is 9.78. The van der Waals surface area contributed by atoms with Crippen molar-refractivity contribution >= 4 is 11.6 Å². The van der Waals surface area contributed by atoms with Gasteiger partial charge in [0.1, 0.15) is 5.65 Å². The van der Waals surface area contributed by atoms with Gasteiger partial charge in [-0.1, -0.05) is 36.4 Å². The Bertz CT molecular complexity index is 946. The lowest BCUT2D eigenvalue weighted by Gasteiger charge is -2.29. The minimum Gasteiger partial charge on any atom is -0.393 e. The fourth-order valence-electron chi connectivity index (χ4n) is 3.77. The van der Waals surface area contributed by atoms with Gasteiger partial charge < -0.3 is 14.4 Å². The Labute approximate surface area is 165 Å². The molecule has 6 nitrogen and oxygen atoms in total. The second kappa shape index (κ2) is 8.12. The van der Waals surface area contributed by atoms with Crippen LogP contribution in [-0.4, -0.2) is 56.4 Å². The normalized spacial score (nSPS) is 15.8. The van der Waals surface area contributed by atoms with Crippen LogP contribution in [0, 0.1) is 0 Å². The largest absolute Gasteiger partial charge is 0.393 e. The number of aliphatic hydroxyl groups is 1. The van der Waals surface area contributed by atoms with E-state index in [1.54, 1.807) is 4.90 Å². The molecule has 0 atom stereocenters. The molecule has 0 aliphatic carbocycles. The number of carbonyl (C=O) groups excluding carboxylic acids is 1. The fraction of sp³-hybridized carbons (Fsp3) is 0.364. The van der Waals surface area contributed by atoms with E-state index in [-0.39, 0.29) is 12.0 Å². The topological polar surface area (TPSA) is 61.1 Å². The van der Waals surface area contributed by atoms with Gasteiger partial charge in [-0.2, -0.15) is 0 Å². The van der Waals surface area contributed by atoms with Crippen LogP contribution < -0.4 is 0 Å². The van der Waals surface area contributed by atoms with Gasteiger partial charge in [0.15, 0.2) is 5.69 Å². The van der Waals surface area contributed by atoms with Gasteiger partial charge in [0.05, 0.1) is 11.8 Å². The molecular formula is C22H26N4O2. The molecule has 1 amide bonds. The van der Waals surface area contributed by atoms with Crippen LogP contribution in [0.25, 0.3) is 5.65 Å². The van der Waals surface area contributed by atoms with E-state index in [1.807, 2.05) is 66.2 Å². The zero-order valence-electron chi connectivity index (χ0n) is 16.2. The minimum absolute atomic E-state index is 0.0698. The van der Waals surface area contributed by atoms with Gasteiger partial charge in [0, 0.05) is 39.4 Å². The molecule has 1 N–H and O–H groups in total. The predicted octanol–water partition coefficient (Wildman–Crippen LogP) is 2.56. The van der Waals surface area contributed by atoms with E-state index in [0.29, 0.717) is 18.8 Å². The Hall–Kier alpha value is -2.70. The molecular weight excluding hydrogens is 352 g/mol. The highest BCUT2D eigenvalue weighted by atomic mass is 16.3. The van der Waals surface area contributed by atoms with Gasteiger partial charge >= 0.3 is 0 Å². The van der Waals surface area contributed by atoms with E-state index >= 15 is 0 Å². The molecule has 0 saturated carbocycles. The smallest absolute Gasteiger partial charge is 0.274 e.